The van der Waals surface area contributed by atoms with Crippen LogP contribution in [0, 0.1) is 0 Å². The van der Waals surface area contributed by atoms with Crippen molar-refractivity contribution in [3.05, 3.63) is 0 Å². The zero-order valence-electron chi connectivity index (χ0n) is 6.73. The van der Waals surface area contributed by atoms with E-state index in [1.165, 1.54) is 7.05 Å². The second-order valence-corrected chi connectivity index (χ2v) is 1.98. The molecule has 0 saturated carbocycles. The first-order chi connectivity index (χ1) is 5.20. The fourth-order valence-electron chi connectivity index (χ4n) is 0.490. The summed E-state index contributed by atoms with van der Waals surface area (Å²) in [6, 6.07) is -0.467. The highest BCUT2D eigenvalue weighted by molar-refractivity contribution is 5.94. The Morgan fingerprint density at radius 3 is 2.36 bits per heavy atom. The molecule has 0 aliphatic carbocycles. The molecule has 3 N–H and O–H groups in total. The number of hydrogen-bond donors (Lipinski definition) is 3. The van der Waals surface area contributed by atoms with E-state index in [0.717, 1.165) is 0 Å². The van der Waals surface area contributed by atoms with Crippen LogP contribution in [0.5, 0.6) is 0 Å². The molecular weight excluding hydrogens is 146 g/mol. The smallest absolute Gasteiger partial charge is 0.321 e. The Balaban J connectivity index is 3.44. The van der Waals surface area contributed by atoms with Crippen LogP contribution < -0.4 is 16.0 Å². The molecule has 0 atom stereocenters. The first-order valence-electron chi connectivity index (χ1n) is 3.37. The molecule has 0 unspecified atom stereocenters. The SMILES string of the molecule is CNCCC(=O)NC(=O)NC. The molecule has 3 amide bonds. The second-order valence-electron chi connectivity index (χ2n) is 1.98. The van der Waals surface area contributed by atoms with Gasteiger partial charge in [-0.15, -0.1) is 0 Å². The average Bonchev–Trinajstić information content (AvgIpc) is 2.00. The fourth-order valence-corrected chi connectivity index (χ4v) is 0.490. The first-order valence-corrected chi connectivity index (χ1v) is 3.37. The van der Waals surface area contributed by atoms with E-state index in [1.54, 1.807) is 7.05 Å². The van der Waals surface area contributed by atoms with Gasteiger partial charge in [-0.3, -0.25) is 10.1 Å². The Bertz CT molecular complexity index is 147. The molecule has 64 valence electrons. The third-order valence-electron chi connectivity index (χ3n) is 1.08. The van der Waals surface area contributed by atoms with E-state index < -0.39 is 6.03 Å². The van der Waals surface area contributed by atoms with Crippen molar-refractivity contribution >= 4 is 11.9 Å². The lowest BCUT2D eigenvalue weighted by molar-refractivity contribution is -0.119. The van der Waals surface area contributed by atoms with Crippen LogP contribution in [-0.2, 0) is 4.79 Å². The van der Waals surface area contributed by atoms with Gasteiger partial charge in [-0.2, -0.15) is 0 Å². The van der Waals surface area contributed by atoms with E-state index in [4.69, 9.17) is 0 Å². The quantitative estimate of drug-likeness (QED) is 0.497. The molecule has 5 heteroatoms. The molecule has 0 aliphatic heterocycles. The highest BCUT2D eigenvalue weighted by Crippen LogP contribution is 1.75. The summed E-state index contributed by atoms with van der Waals surface area (Å²) in [5, 5.41) is 7.21. The highest BCUT2D eigenvalue weighted by Gasteiger charge is 2.03. The third-order valence-corrected chi connectivity index (χ3v) is 1.08. The molecule has 0 bridgehead atoms. The number of carbonyl (C=O) groups is 2. The Labute approximate surface area is 65.5 Å². The van der Waals surface area contributed by atoms with Crippen LogP contribution in [-0.4, -0.2) is 32.6 Å². The summed E-state index contributed by atoms with van der Waals surface area (Å²) in [5.74, 6) is -0.279. The van der Waals surface area contributed by atoms with E-state index >= 15 is 0 Å². The van der Waals surface area contributed by atoms with Gasteiger partial charge in [-0.05, 0) is 7.05 Å². The van der Waals surface area contributed by atoms with Crippen molar-refractivity contribution < 1.29 is 9.59 Å². The molecule has 0 aromatic rings. The van der Waals surface area contributed by atoms with Gasteiger partial charge in [0.05, 0.1) is 0 Å². The Morgan fingerprint density at radius 1 is 1.27 bits per heavy atom. The van der Waals surface area contributed by atoms with Crippen LogP contribution >= 0.6 is 0 Å². The lowest BCUT2D eigenvalue weighted by Gasteiger charge is -2.01. The Hall–Kier alpha value is -1.10. The van der Waals surface area contributed by atoms with Gasteiger partial charge in [0.1, 0.15) is 0 Å². The summed E-state index contributed by atoms with van der Waals surface area (Å²) in [6.07, 6.45) is 0.309. The van der Waals surface area contributed by atoms with Gasteiger partial charge in [-0.1, -0.05) is 0 Å². The molecule has 0 radical (unpaired) electrons. The Morgan fingerprint density at radius 2 is 1.91 bits per heavy atom. The topological polar surface area (TPSA) is 70.2 Å². The standard InChI is InChI=1S/C6H13N3O2/c1-7-4-3-5(10)9-6(11)8-2/h7H,3-4H2,1-2H3,(H2,8,9,10,11). The number of hydrogen-bond acceptors (Lipinski definition) is 3. The maximum absolute atomic E-state index is 10.8. The Kier molecular flexibility index (Phi) is 5.10. The van der Waals surface area contributed by atoms with Crippen molar-refractivity contribution in [3.63, 3.8) is 0 Å². The van der Waals surface area contributed by atoms with Crippen LogP contribution in [0.4, 0.5) is 4.79 Å². The predicted molar refractivity (Wildman–Crippen MR) is 41.1 cm³/mol. The highest BCUT2D eigenvalue weighted by atomic mass is 16.2. The molecule has 11 heavy (non-hydrogen) atoms. The van der Waals surface area contributed by atoms with Crippen molar-refractivity contribution in [2.24, 2.45) is 0 Å². The summed E-state index contributed by atoms with van der Waals surface area (Å²) in [7, 11) is 3.20. The average molecular weight is 159 g/mol. The zero-order valence-corrected chi connectivity index (χ0v) is 6.73. The lowest BCUT2D eigenvalue weighted by atomic mass is 10.4. The van der Waals surface area contributed by atoms with Crippen LogP contribution in [0.25, 0.3) is 0 Å². The molecule has 0 aromatic carbocycles. The molecule has 0 aromatic heterocycles. The van der Waals surface area contributed by atoms with E-state index in [0.29, 0.717) is 13.0 Å². The van der Waals surface area contributed by atoms with E-state index in [9.17, 15) is 9.59 Å². The molecule has 0 heterocycles. The minimum absolute atomic E-state index is 0.279. The second kappa shape index (κ2) is 5.67. The number of imide groups is 1. The lowest BCUT2D eigenvalue weighted by Crippen LogP contribution is -2.38. The summed E-state index contributed by atoms with van der Waals surface area (Å²) in [5.41, 5.74) is 0. The predicted octanol–water partition coefficient (Wildman–Crippen LogP) is -0.948. The van der Waals surface area contributed by atoms with E-state index in [1.807, 2.05) is 0 Å². The van der Waals surface area contributed by atoms with Crippen LogP contribution in [0.15, 0.2) is 0 Å². The van der Waals surface area contributed by atoms with E-state index in [2.05, 4.69) is 16.0 Å². The summed E-state index contributed by atoms with van der Waals surface area (Å²) in [4.78, 5) is 21.3. The molecule has 0 aliphatic rings. The normalized spacial score (nSPS) is 8.91. The van der Waals surface area contributed by atoms with Crippen LogP contribution in [0.3, 0.4) is 0 Å². The maximum Gasteiger partial charge on any atom is 0.321 e. The molecule has 0 fully saturated rings. The molecule has 0 spiro atoms. The maximum atomic E-state index is 10.8. The largest absolute Gasteiger partial charge is 0.341 e. The minimum Gasteiger partial charge on any atom is -0.341 e. The number of amides is 3. The van der Waals surface area contributed by atoms with Gasteiger partial charge < -0.3 is 10.6 Å². The zero-order chi connectivity index (χ0) is 8.69. The van der Waals surface area contributed by atoms with E-state index in [-0.39, 0.29) is 5.91 Å². The number of carbonyl (C=O) groups excluding carboxylic acids is 2. The van der Waals surface area contributed by atoms with Gasteiger partial charge in [0, 0.05) is 20.0 Å². The van der Waals surface area contributed by atoms with Gasteiger partial charge in [0.15, 0.2) is 0 Å². The number of urea groups is 1. The third kappa shape index (κ3) is 5.35. The van der Waals surface area contributed by atoms with Crippen molar-refractivity contribution in [1.82, 2.24) is 16.0 Å². The van der Waals surface area contributed by atoms with Crippen molar-refractivity contribution in [3.8, 4) is 0 Å². The number of nitrogens with one attached hydrogen (secondary N) is 3. The summed E-state index contributed by atoms with van der Waals surface area (Å²) < 4.78 is 0. The molecule has 0 saturated heterocycles. The van der Waals surface area contributed by atoms with Crippen molar-refractivity contribution in [2.45, 2.75) is 6.42 Å². The van der Waals surface area contributed by atoms with Crippen LogP contribution in [0.2, 0.25) is 0 Å². The van der Waals surface area contributed by atoms with Crippen molar-refractivity contribution in [2.75, 3.05) is 20.6 Å². The van der Waals surface area contributed by atoms with Gasteiger partial charge in [-0.25, -0.2) is 4.79 Å². The van der Waals surface area contributed by atoms with Gasteiger partial charge >= 0.3 is 6.03 Å². The summed E-state index contributed by atoms with van der Waals surface area (Å²) >= 11 is 0. The van der Waals surface area contributed by atoms with Crippen LogP contribution in [0.1, 0.15) is 6.42 Å². The monoisotopic (exact) mass is 159 g/mol. The summed E-state index contributed by atoms with van der Waals surface area (Å²) in [6.45, 7) is 0.572. The number of rotatable bonds is 3. The molecule has 0 rings (SSSR count). The minimum atomic E-state index is -0.467. The van der Waals surface area contributed by atoms with Gasteiger partial charge in [0.2, 0.25) is 5.91 Å². The van der Waals surface area contributed by atoms with Crippen molar-refractivity contribution in [1.29, 1.82) is 0 Å². The first kappa shape index (κ1) is 9.90. The van der Waals surface area contributed by atoms with Gasteiger partial charge in [0.25, 0.3) is 0 Å². The molecule has 5 nitrogen and oxygen atoms in total. The fraction of sp³-hybridized carbons (Fsp3) is 0.667. The molecular formula is C6H13N3O2.